The van der Waals surface area contributed by atoms with Gasteiger partial charge in [0.15, 0.2) is 0 Å². The molecule has 3 aromatic rings. The molecule has 0 bridgehead atoms. The zero-order valence-corrected chi connectivity index (χ0v) is 14.5. The Kier molecular flexibility index (Phi) is 5.77. The van der Waals surface area contributed by atoms with Crippen molar-refractivity contribution in [2.75, 3.05) is 6.54 Å². The van der Waals surface area contributed by atoms with Gasteiger partial charge < -0.3 is 9.84 Å². The first-order valence-corrected chi connectivity index (χ1v) is 8.85. The van der Waals surface area contributed by atoms with Crippen molar-refractivity contribution in [2.24, 2.45) is 0 Å². The molecule has 1 N–H and O–H groups in total. The van der Waals surface area contributed by atoms with E-state index in [0.717, 1.165) is 42.1 Å². The van der Waals surface area contributed by atoms with Crippen LogP contribution < -0.4 is 5.32 Å². The summed E-state index contributed by atoms with van der Waals surface area (Å²) in [5.74, 6) is 1.09. The Hall–Kier alpha value is -2.69. The highest BCUT2D eigenvalue weighted by Crippen LogP contribution is 2.26. The second-order valence-corrected chi connectivity index (χ2v) is 6.10. The van der Waals surface area contributed by atoms with Crippen molar-refractivity contribution in [1.29, 1.82) is 0 Å². The molecule has 0 radical (unpaired) electrons. The number of rotatable bonds is 8. The van der Waals surface area contributed by atoms with E-state index >= 15 is 0 Å². The molecule has 0 aliphatic heterocycles. The Morgan fingerprint density at radius 2 is 1.96 bits per heavy atom. The topological polar surface area (TPSA) is 68.0 Å². The van der Waals surface area contributed by atoms with Gasteiger partial charge in [0.05, 0.1) is 0 Å². The van der Waals surface area contributed by atoms with E-state index < -0.39 is 0 Å². The van der Waals surface area contributed by atoms with E-state index in [-0.39, 0.29) is 5.91 Å². The summed E-state index contributed by atoms with van der Waals surface area (Å²) in [5.41, 5.74) is 0.942. The summed E-state index contributed by atoms with van der Waals surface area (Å²) in [7, 11) is 0. The van der Waals surface area contributed by atoms with Crippen LogP contribution in [-0.4, -0.2) is 22.6 Å². The fourth-order valence-electron chi connectivity index (χ4n) is 2.80. The summed E-state index contributed by atoms with van der Waals surface area (Å²) >= 11 is 0. The molecular weight excluding hydrogens is 314 g/mol. The first-order chi connectivity index (χ1) is 12.3. The molecule has 5 nitrogen and oxygen atoms in total. The van der Waals surface area contributed by atoms with E-state index in [1.165, 1.54) is 0 Å². The van der Waals surface area contributed by atoms with Gasteiger partial charge in [-0.05, 0) is 17.2 Å². The number of aryl methyl sites for hydroxylation is 1. The number of aromatic nitrogens is 2. The molecule has 0 saturated carbocycles. The number of carbonyl (C=O) groups is 1. The molecule has 1 heterocycles. The minimum Gasteiger partial charge on any atom is -0.356 e. The Balaban J connectivity index is 1.62. The zero-order valence-electron chi connectivity index (χ0n) is 14.5. The second-order valence-electron chi connectivity index (χ2n) is 6.10. The van der Waals surface area contributed by atoms with E-state index in [1.807, 2.05) is 30.3 Å². The quantitative estimate of drug-likeness (QED) is 0.628. The molecule has 25 heavy (non-hydrogen) atoms. The lowest BCUT2D eigenvalue weighted by Crippen LogP contribution is -2.24. The van der Waals surface area contributed by atoms with Crippen LogP contribution in [0, 0.1) is 0 Å². The highest BCUT2D eigenvalue weighted by atomic mass is 16.5. The number of nitrogens with one attached hydrogen (secondary N) is 1. The molecule has 5 heteroatoms. The standard InChI is InChI=1S/C20H23N3O2/c1-2-3-6-14-21-18(24)12-13-19-22-20(23-25-19)17-11-7-9-15-8-4-5-10-16(15)17/h4-5,7-11H,2-3,6,12-14H2,1H3,(H,21,24). The van der Waals surface area contributed by atoms with Crippen LogP contribution in [0.5, 0.6) is 0 Å². The van der Waals surface area contributed by atoms with Crippen molar-refractivity contribution in [1.82, 2.24) is 15.5 Å². The zero-order chi connectivity index (χ0) is 17.5. The van der Waals surface area contributed by atoms with Gasteiger partial charge in [-0.25, -0.2) is 0 Å². The average molecular weight is 337 g/mol. The molecule has 0 saturated heterocycles. The summed E-state index contributed by atoms with van der Waals surface area (Å²) in [6, 6.07) is 14.1. The second kappa shape index (κ2) is 8.42. The minimum atomic E-state index is 0.0287. The molecule has 0 unspecified atom stereocenters. The van der Waals surface area contributed by atoms with E-state index in [1.54, 1.807) is 0 Å². The molecule has 130 valence electrons. The number of hydrogen-bond donors (Lipinski definition) is 1. The first kappa shape index (κ1) is 17.1. The van der Waals surface area contributed by atoms with Gasteiger partial charge in [-0.2, -0.15) is 4.98 Å². The molecule has 2 aromatic carbocycles. The number of fused-ring (bicyclic) bond motifs is 1. The van der Waals surface area contributed by atoms with E-state index in [0.29, 0.717) is 24.6 Å². The molecule has 0 atom stereocenters. The number of hydrogen-bond acceptors (Lipinski definition) is 4. The number of nitrogens with zero attached hydrogens (tertiary/aromatic N) is 2. The summed E-state index contributed by atoms with van der Waals surface area (Å²) in [6.07, 6.45) is 4.13. The van der Waals surface area contributed by atoms with Crippen LogP contribution in [0.4, 0.5) is 0 Å². The summed E-state index contributed by atoms with van der Waals surface area (Å²) < 4.78 is 5.32. The van der Waals surface area contributed by atoms with Gasteiger partial charge in [-0.15, -0.1) is 0 Å². The van der Waals surface area contributed by atoms with Crippen molar-refractivity contribution in [3.05, 3.63) is 48.4 Å². The van der Waals surface area contributed by atoms with Crippen LogP contribution in [-0.2, 0) is 11.2 Å². The van der Waals surface area contributed by atoms with Gasteiger partial charge in [0, 0.05) is 24.9 Å². The number of carbonyl (C=O) groups excluding carboxylic acids is 1. The minimum absolute atomic E-state index is 0.0287. The van der Waals surface area contributed by atoms with Crippen LogP contribution >= 0.6 is 0 Å². The highest BCUT2D eigenvalue weighted by Gasteiger charge is 2.12. The molecule has 3 rings (SSSR count). The fraction of sp³-hybridized carbons (Fsp3) is 0.350. The van der Waals surface area contributed by atoms with E-state index in [9.17, 15) is 4.79 Å². The smallest absolute Gasteiger partial charge is 0.227 e. The van der Waals surface area contributed by atoms with Crippen LogP contribution in [0.1, 0.15) is 38.5 Å². The van der Waals surface area contributed by atoms with Gasteiger partial charge in [0.2, 0.25) is 17.6 Å². The maximum absolute atomic E-state index is 11.8. The molecule has 0 fully saturated rings. The van der Waals surface area contributed by atoms with Gasteiger partial charge >= 0.3 is 0 Å². The molecule has 0 aliphatic rings. The summed E-state index contributed by atoms with van der Waals surface area (Å²) in [6.45, 7) is 2.88. The average Bonchev–Trinajstić information content (AvgIpc) is 3.12. The number of benzene rings is 2. The lowest BCUT2D eigenvalue weighted by Gasteiger charge is -2.03. The Labute approximate surface area is 147 Å². The Morgan fingerprint density at radius 3 is 2.84 bits per heavy atom. The Bertz CT molecular complexity index is 836. The Morgan fingerprint density at radius 1 is 1.12 bits per heavy atom. The lowest BCUT2D eigenvalue weighted by atomic mass is 10.0. The molecule has 1 amide bonds. The van der Waals surface area contributed by atoms with Gasteiger partial charge in [-0.3, -0.25) is 4.79 Å². The molecule has 0 spiro atoms. The predicted molar refractivity (Wildman–Crippen MR) is 98.1 cm³/mol. The first-order valence-electron chi connectivity index (χ1n) is 8.85. The monoisotopic (exact) mass is 337 g/mol. The largest absolute Gasteiger partial charge is 0.356 e. The van der Waals surface area contributed by atoms with Crippen molar-refractivity contribution >= 4 is 16.7 Å². The van der Waals surface area contributed by atoms with Crippen molar-refractivity contribution in [3.8, 4) is 11.4 Å². The lowest BCUT2D eigenvalue weighted by molar-refractivity contribution is -0.121. The predicted octanol–water partition coefficient (Wildman–Crippen LogP) is 4.13. The van der Waals surface area contributed by atoms with Crippen LogP contribution in [0.3, 0.4) is 0 Å². The third-order valence-corrected chi connectivity index (χ3v) is 4.17. The number of unbranched alkanes of at least 4 members (excludes halogenated alkanes) is 2. The van der Waals surface area contributed by atoms with Crippen LogP contribution in [0.25, 0.3) is 22.2 Å². The SMILES string of the molecule is CCCCCNC(=O)CCc1nc(-c2cccc3ccccc23)no1. The van der Waals surface area contributed by atoms with Crippen LogP contribution in [0.2, 0.25) is 0 Å². The highest BCUT2D eigenvalue weighted by molar-refractivity contribution is 5.94. The van der Waals surface area contributed by atoms with E-state index in [2.05, 4.69) is 34.5 Å². The third-order valence-electron chi connectivity index (χ3n) is 4.17. The molecule has 1 aromatic heterocycles. The van der Waals surface area contributed by atoms with Gasteiger partial charge in [0.1, 0.15) is 0 Å². The maximum atomic E-state index is 11.8. The van der Waals surface area contributed by atoms with Crippen molar-refractivity contribution in [2.45, 2.75) is 39.0 Å². The summed E-state index contributed by atoms with van der Waals surface area (Å²) in [5, 5.41) is 9.23. The maximum Gasteiger partial charge on any atom is 0.227 e. The summed E-state index contributed by atoms with van der Waals surface area (Å²) in [4.78, 5) is 16.3. The van der Waals surface area contributed by atoms with Crippen molar-refractivity contribution in [3.63, 3.8) is 0 Å². The molecule has 0 aliphatic carbocycles. The van der Waals surface area contributed by atoms with Crippen LogP contribution in [0.15, 0.2) is 47.0 Å². The van der Waals surface area contributed by atoms with Gasteiger partial charge in [0.25, 0.3) is 0 Å². The van der Waals surface area contributed by atoms with Crippen molar-refractivity contribution < 1.29 is 9.32 Å². The fourth-order valence-corrected chi connectivity index (χ4v) is 2.80. The van der Waals surface area contributed by atoms with Gasteiger partial charge in [-0.1, -0.05) is 67.4 Å². The number of amides is 1. The third kappa shape index (κ3) is 4.44. The normalized spacial score (nSPS) is 10.9. The molecular formula is C20H23N3O2. The van der Waals surface area contributed by atoms with E-state index in [4.69, 9.17) is 4.52 Å².